The van der Waals surface area contributed by atoms with Gasteiger partial charge in [0.2, 0.25) is 0 Å². The molecule has 0 aliphatic heterocycles. The summed E-state index contributed by atoms with van der Waals surface area (Å²) in [6, 6.07) is 0. The summed E-state index contributed by atoms with van der Waals surface area (Å²) in [5, 5.41) is 4.11. The molecule has 0 amide bonds. The number of nitrogens with zero attached hydrogens (tertiary/aromatic N) is 2. The van der Waals surface area contributed by atoms with Crippen molar-refractivity contribution in [2.45, 2.75) is 37.8 Å². The van der Waals surface area contributed by atoms with E-state index >= 15 is 0 Å². The van der Waals surface area contributed by atoms with Gasteiger partial charge in [0, 0.05) is 6.54 Å². The first-order valence-corrected chi connectivity index (χ1v) is 7.47. The molecule has 1 aliphatic rings. The second-order valence-corrected chi connectivity index (χ2v) is 6.60. The Morgan fingerprint density at radius 3 is 2.71 bits per heavy atom. The summed E-state index contributed by atoms with van der Waals surface area (Å²) < 4.78 is 25.3. The lowest BCUT2D eigenvalue weighted by molar-refractivity contribution is 0.111. The number of carbonyl (C=O) groups excluding carboxylic acids is 1. The third-order valence-electron chi connectivity index (χ3n) is 3.28. The average Bonchev–Trinajstić information content (AvgIpc) is 2.67. The molecule has 0 aromatic carbocycles. The summed E-state index contributed by atoms with van der Waals surface area (Å²) in [6.45, 7) is 2.17. The molecule has 17 heavy (non-hydrogen) atoms. The molecule has 0 N–H and O–H groups in total. The summed E-state index contributed by atoms with van der Waals surface area (Å²) in [5.41, 5.74) is 0.172. The lowest BCUT2D eigenvalue weighted by atomic mass is 9.85. The molecular weight excluding hydrogens is 240 g/mol. The molecule has 0 bridgehead atoms. The van der Waals surface area contributed by atoms with E-state index in [9.17, 15) is 13.2 Å². The summed E-state index contributed by atoms with van der Waals surface area (Å²) in [7, 11) is -3.39. The molecule has 0 spiro atoms. The second kappa shape index (κ2) is 4.60. The van der Waals surface area contributed by atoms with Crippen molar-refractivity contribution in [1.29, 1.82) is 0 Å². The topological polar surface area (TPSA) is 69.0 Å². The van der Waals surface area contributed by atoms with E-state index in [-0.39, 0.29) is 16.3 Å². The molecule has 1 fully saturated rings. The molecule has 0 radical (unpaired) electrons. The highest BCUT2D eigenvalue weighted by molar-refractivity contribution is 7.91. The lowest BCUT2D eigenvalue weighted by Gasteiger charge is -2.25. The van der Waals surface area contributed by atoms with Gasteiger partial charge in [-0.05, 0) is 18.8 Å². The normalized spacial score (nSPS) is 16.8. The second-order valence-electron chi connectivity index (χ2n) is 4.41. The van der Waals surface area contributed by atoms with Gasteiger partial charge in [-0.25, -0.2) is 8.42 Å². The van der Waals surface area contributed by atoms with Gasteiger partial charge in [0.05, 0.1) is 17.5 Å². The number of aromatic nitrogens is 2. The molecule has 1 saturated carbocycles. The maximum atomic E-state index is 11.9. The van der Waals surface area contributed by atoms with Crippen LogP contribution in [0.1, 0.15) is 36.5 Å². The highest BCUT2D eigenvalue weighted by atomic mass is 32.2. The van der Waals surface area contributed by atoms with E-state index in [4.69, 9.17) is 0 Å². The standard InChI is InChI=1S/C11H16N2O3S/c1-2-17(15,16)11-10(8-14)6-12-13(11)7-9-4-3-5-9/h6,8-9H,2-5,7H2,1H3. The Hall–Kier alpha value is -1.17. The predicted octanol–water partition coefficient (Wildman–Crippen LogP) is 1.29. The minimum absolute atomic E-state index is 0.00972. The third kappa shape index (κ3) is 2.26. The van der Waals surface area contributed by atoms with E-state index in [0.29, 0.717) is 18.7 Å². The first-order valence-electron chi connectivity index (χ1n) is 5.82. The molecule has 1 aromatic rings. The van der Waals surface area contributed by atoms with Crippen LogP contribution in [0.5, 0.6) is 0 Å². The van der Waals surface area contributed by atoms with E-state index in [1.54, 1.807) is 6.92 Å². The highest BCUT2D eigenvalue weighted by Gasteiger charge is 2.26. The Labute approximate surface area is 101 Å². The highest BCUT2D eigenvalue weighted by Crippen LogP contribution is 2.29. The largest absolute Gasteiger partial charge is 0.298 e. The molecule has 0 atom stereocenters. The van der Waals surface area contributed by atoms with Gasteiger partial charge in [-0.15, -0.1) is 0 Å². The minimum atomic E-state index is -3.39. The Balaban J connectivity index is 2.38. The van der Waals surface area contributed by atoms with Crippen molar-refractivity contribution in [3.63, 3.8) is 0 Å². The number of aldehydes is 1. The van der Waals surface area contributed by atoms with Crippen molar-refractivity contribution >= 4 is 16.1 Å². The van der Waals surface area contributed by atoms with Gasteiger partial charge >= 0.3 is 0 Å². The first-order chi connectivity index (χ1) is 8.08. The Morgan fingerprint density at radius 2 is 2.24 bits per heavy atom. The van der Waals surface area contributed by atoms with Gasteiger partial charge < -0.3 is 0 Å². The fraction of sp³-hybridized carbons (Fsp3) is 0.636. The maximum Gasteiger partial charge on any atom is 0.195 e. The average molecular weight is 256 g/mol. The SMILES string of the molecule is CCS(=O)(=O)c1c(C=O)cnn1CC1CCC1. The van der Waals surface area contributed by atoms with Gasteiger partial charge in [-0.1, -0.05) is 13.3 Å². The summed E-state index contributed by atoms with van der Waals surface area (Å²) in [6.07, 6.45) is 5.33. The number of hydrogen-bond acceptors (Lipinski definition) is 4. The van der Waals surface area contributed by atoms with Crippen LogP contribution in [-0.4, -0.2) is 30.2 Å². The van der Waals surface area contributed by atoms with Gasteiger partial charge in [0.25, 0.3) is 0 Å². The van der Waals surface area contributed by atoms with Crippen molar-refractivity contribution < 1.29 is 13.2 Å². The van der Waals surface area contributed by atoms with Crippen LogP contribution in [0.2, 0.25) is 0 Å². The zero-order chi connectivity index (χ0) is 12.5. The molecule has 0 saturated heterocycles. The van der Waals surface area contributed by atoms with E-state index in [1.807, 2.05) is 0 Å². The van der Waals surface area contributed by atoms with Gasteiger partial charge in [-0.2, -0.15) is 5.10 Å². The van der Waals surface area contributed by atoms with E-state index in [1.165, 1.54) is 17.3 Å². The molecule has 6 heteroatoms. The smallest absolute Gasteiger partial charge is 0.195 e. The summed E-state index contributed by atoms with van der Waals surface area (Å²) in [4.78, 5) is 10.9. The molecule has 1 heterocycles. The van der Waals surface area contributed by atoms with Gasteiger partial charge in [-0.3, -0.25) is 9.48 Å². The molecule has 0 unspecified atom stereocenters. The van der Waals surface area contributed by atoms with Crippen LogP contribution in [0.25, 0.3) is 0 Å². The minimum Gasteiger partial charge on any atom is -0.298 e. The van der Waals surface area contributed by atoms with Crippen molar-refractivity contribution in [3.05, 3.63) is 11.8 Å². The van der Waals surface area contributed by atoms with E-state index in [0.717, 1.165) is 12.8 Å². The predicted molar refractivity (Wildman–Crippen MR) is 62.7 cm³/mol. The summed E-state index contributed by atoms with van der Waals surface area (Å²) >= 11 is 0. The zero-order valence-corrected chi connectivity index (χ0v) is 10.6. The van der Waals surface area contributed by atoms with Crippen molar-refractivity contribution in [2.75, 3.05) is 5.75 Å². The molecule has 1 aromatic heterocycles. The van der Waals surface area contributed by atoms with E-state index in [2.05, 4.69) is 5.10 Å². The molecular formula is C11H16N2O3S. The van der Waals surface area contributed by atoms with Crippen LogP contribution >= 0.6 is 0 Å². The van der Waals surface area contributed by atoms with Crippen molar-refractivity contribution in [1.82, 2.24) is 9.78 Å². The van der Waals surface area contributed by atoms with Crippen molar-refractivity contribution in [2.24, 2.45) is 5.92 Å². The van der Waals surface area contributed by atoms with Crippen LogP contribution in [0, 0.1) is 5.92 Å². The Morgan fingerprint density at radius 1 is 1.53 bits per heavy atom. The molecule has 1 aliphatic carbocycles. The molecule has 2 rings (SSSR count). The fourth-order valence-corrected chi connectivity index (χ4v) is 3.17. The third-order valence-corrected chi connectivity index (χ3v) is 5.07. The monoisotopic (exact) mass is 256 g/mol. The Kier molecular flexibility index (Phi) is 3.33. The van der Waals surface area contributed by atoms with Crippen LogP contribution < -0.4 is 0 Å². The maximum absolute atomic E-state index is 11.9. The van der Waals surface area contributed by atoms with Gasteiger partial charge in [0.15, 0.2) is 21.1 Å². The van der Waals surface area contributed by atoms with Crippen LogP contribution in [0.4, 0.5) is 0 Å². The number of rotatable bonds is 5. The van der Waals surface area contributed by atoms with Crippen LogP contribution in [-0.2, 0) is 16.4 Å². The zero-order valence-electron chi connectivity index (χ0n) is 9.80. The number of carbonyl (C=O) groups is 1. The molecule has 94 valence electrons. The Bertz CT molecular complexity index is 515. The molecule has 5 nitrogen and oxygen atoms in total. The number of hydrogen-bond donors (Lipinski definition) is 0. The van der Waals surface area contributed by atoms with Gasteiger partial charge in [0.1, 0.15) is 0 Å². The first kappa shape index (κ1) is 12.3. The fourth-order valence-electron chi connectivity index (χ4n) is 2.00. The lowest BCUT2D eigenvalue weighted by Crippen LogP contribution is -2.22. The summed E-state index contributed by atoms with van der Waals surface area (Å²) in [5.74, 6) is 0.490. The number of sulfone groups is 1. The van der Waals surface area contributed by atoms with Crippen molar-refractivity contribution in [3.8, 4) is 0 Å². The quantitative estimate of drug-likeness (QED) is 0.744. The van der Waals surface area contributed by atoms with E-state index < -0.39 is 9.84 Å². The van der Waals surface area contributed by atoms with Crippen LogP contribution in [0.15, 0.2) is 11.2 Å². The van der Waals surface area contributed by atoms with Crippen LogP contribution in [0.3, 0.4) is 0 Å².